The number of aryl methyl sites for hydroxylation is 1. The number of rotatable bonds is 6. The highest BCUT2D eigenvalue weighted by atomic mass is 79.9. The summed E-state index contributed by atoms with van der Waals surface area (Å²) in [5.41, 5.74) is 8.27. The van der Waals surface area contributed by atoms with Crippen molar-refractivity contribution >= 4 is 33.5 Å². The zero-order chi connectivity index (χ0) is 15.9. The minimum atomic E-state index is 0.280. The molecule has 0 aliphatic carbocycles. The summed E-state index contributed by atoms with van der Waals surface area (Å²) in [6, 6.07) is 10.3. The van der Waals surface area contributed by atoms with Crippen molar-refractivity contribution < 1.29 is 0 Å². The van der Waals surface area contributed by atoms with Crippen LogP contribution in [-0.2, 0) is 12.2 Å². The highest BCUT2D eigenvalue weighted by molar-refractivity contribution is 9.10. The molecule has 0 bridgehead atoms. The average molecular weight is 377 g/mol. The lowest BCUT2D eigenvalue weighted by Crippen LogP contribution is -2.05. The minimum Gasteiger partial charge on any atom is -0.382 e. The van der Waals surface area contributed by atoms with E-state index in [4.69, 9.17) is 5.73 Å². The number of hydrogen-bond acceptors (Lipinski definition) is 5. The van der Waals surface area contributed by atoms with E-state index in [1.54, 1.807) is 0 Å². The third-order valence-electron chi connectivity index (χ3n) is 3.15. The van der Waals surface area contributed by atoms with Gasteiger partial charge in [0.1, 0.15) is 17.5 Å². The molecule has 4 nitrogen and oxygen atoms in total. The SMILES string of the molecule is CCCCc1nc(SCc2ccc(Br)cc2)nc(N)c1C#N. The van der Waals surface area contributed by atoms with Crippen LogP contribution in [0.2, 0.25) is 0 Å². The maximum atomic E-state index is 9.20. The van der Waals surface area contributed by atoms with Gasteiger partial charge in [-0.15, -0.1) is 0 Å². The molecule has 0 fully saturated rings. The topological polar surface area (TPSA) is 75.6 Å². The Kier molecular flexibility index (Phi) is 6.22. The molecule has 0 radical (unpaired) electrons. The van der Waals surface area contributed by atoms with Crippen molar-refractivity contribution in [2.24, 2.45) is 0 Å². The number of benzene rings is 1. The van der Waals surface area contributed by atoms with Crippen LogP contribution in [0.3, 0.4) is 0 Å². The van der Waals surface area contributed by atoms with Gasteiger partial charge in [-0.1, -0.05) is 53.2 Å². The lowest BCUT2D eigenvalue weighted by atomic mass is 10.1. The smallest absolute Gasteiger partial charge is 0.190 e. The average Bonchev–Trinajstić information content (AvgIpc) is 2.52. The summed E-state index contributed by atoms with van der Waals surface area (Å²) in [4.78, 5) is 8.76. The van der Waals surface area contributed by atoms with E-state index in [1.165, 1.54) is 17.3 Å². The Balaban J connectivity index is 2.15. The second kappa shape index (κ2) is 8.16. The van der Waals surface area contributed by atoms with Gasteiger partial charge in [-0.05, 0) is 30.5 Å². The van der Waals surface area contributed by atoms with Crippen LogP contribution in [0.25, 0.3) is 0 Å². The van der Waals surface area contributed by atoms with Crippen LogP contribution in [0.5, 0.6) is 0 Å². The molecular weight excluding hydrogens is 360 g/mol. The van der Waals surface area contributed by atoms with E-state index in [2.05, 4.69) is 51.0 Å². The molecule has 0 amide bonds. The molecule has 2 N–H and O–H groups in total. The molecule has 2 rings (SSSR count). The molecule has 22 heavy (non-hydrogen) atoms. The van der Waals surface area contributed by atoms with Gasteiger partial charge in [0.05, 0.1) is 5.69 Å². The molecule has 0 atom stereocenters. The molecule has 2 aromatic rings. The van der Waals surface area contributed by atoms with Crippen LogP contribution in [0, 0.1) is 11.3 Å². The number of hydrogen-bond donors (Lipinski definition) is 1. The van der Waals surface area contributed by atoms with E-state index in [9.17, 15) is 5.26 Å². The highest BCUT2D eigenvalue weighted by Crippen LogP contribution is 2.24. The summed E-state index contributed by atoms with van der Waals surface area (Å²) in [7, 11) is 0. The fraction of sp³-hybridized carbons (Fsp3) is 0.312. The van der Waals surface area contributed by atoms with Crippen molar-refractivity contribution in [3.63, 3.8) is 0 Å². The summed E-state index contributed by atoms with van der Waals surface area (Å²) in [5, 5.41) is 9.83. The van der Waals surface area contributed by atoms with Crippen LogP contribution < -0.4 is 5.73 Å². The summed E-state index contributed by atoms with van der Waals surface area (Å²) >= 11 is 4.96. The molecule has 0 aliphatic rings. The standard InChI is InChI=1S/C16H17BrN4S/c1-2-3-4-14-13(9-18)15(19)21-16(20-14)22-10-11-5-7-12(17)8-6-11/h5-8H,2-4,10H2,1H3,(H2,19,20,21). The Hall–Kier alpha value is -1.58. The largest absolute Gasteiger partial charge is 0.382 e. The number of nitrogens with zero attached hydrogens (tertiary/aromatic N) is 3. The quantitative estimate of drug-likeness (QED) is 0.599. The first-order valence-corrected chi connectivity index (χ1v) is 8.85. The van der Waals surface area contributed by atoms with Crippen LogP contribution in [-0.4, -0.2) is 9.97 Å². The van der Waals surface area contributed by atoms with Crippen LogP contribution in [0.4, 0.5) is 5.82 Å². The summed E-state index contributed by atoms with van der Waals surface area (Å²) in [6.45, 7) is 2.11. The first-order chi connectivity index (χ1) is 10.6. The second-order valence-electron chi connectivity index (χ2n) is 4.84. The predicted molar refractivity (Wildman–Crippen MR) is 93.5 cm³/mol. The van der Waals surface area contributed by atoms with E-state index >= 15 is 0 Å². The number of halogens is 1. The van der Waals surface area contributed by atoms with Gasteiger partial charge in [0, 0.05) is 10.2 Å². The maximum Gasteiger partial charge on any atom is 0.190 e. The zero-order valence-electron chi connectivity index (χ0n) is 12.3. The normalized spacial score (nSPS) is 10.4. The summed E-state index contributed by atoms with van der Waals surface area (Å²) in [6.07, 6.45) is 2.80. The predicted octanol–water partition coefficient (Wildman–Crippen LogP) is 4.33. The molecule has 1 heterocycles. The molecule has 1 aromatic heterocycles. The molecule has 0 saturated heterocycles. The highest BCUT2D eigenvalue weighted by Gasteiger charge is 2.12. The van der Waals surface area contributed by atoms with E-state index in [0.29, 0.717) is 10.7 Å². The van der Waals surface area contributed by atoms with Gasteiger partial charge in [-0.25, -0.2) is 9.97 Å². The van der Waals surface area contributed by atoms with E-state index in [0.717, 1.165) is 35.2 Å². The van der Waals surface area contributed by atoms with E-state index < -0.39 is 0 Å². The van der Waals surface area contributed by atoms with Crippen LogP contribution in [0.15, 0.2) is 33.9 Å². The first-order valence-electron chi connectivity index (χ1n) is 7.07. The van der Waals surface area contributed by atoms with Crippen molar-refractivity contribution in [1.82, 2.24) is 9.97 Å². The van der Waals surface area contributed by atoms with Crippen molar-refractivity contribution in [2.75, 3.05) is 5.73 Å². The molecule has 0 saturated carbocycles. The monoisotopic (exact) mass is 376 g/mol. The number of thioether (sulfide) groups is 1. The molecule has 1 aromatic carbocycles. The Bertz CT molecular complexity index is 680. The Morgan fingerprint density at radius 2 is 2.00 bits per heavy atom. The lowest BCUT2D eigenvalue weighted by molar-refractivity contribution is 0.755. The fourth-order valence-corrected chi connectivity index (χ4v) is 3.03. The minimum absolute atomic E-state index is 0.280. The van der Waals surface area contributed by atoms with Crippen molar-refractivity contribution in [3.8, 4) is 6.07 Å². The van der Waals surface area contributed by atoms with Gasteiger partial charge in [0.15, 0.2) is 5.16 Å². The molecule has 0 spiro atoms. The lowest BCUT2D eigenvalue weighted by Gasteiger charge is -2.08. The van der Waals surface area contributed by atoms with Crippen LogP contribution in [0.1, 0.15) is 36.6 Å². The molecule has 0 unspecified atom stereocenters. The van der Waals surface area contributed by atoms with Gasteiger partial charge in [-0.3, -0.25) is 0 Å². The van der Waals surface area contributed by atoms with Gasteiger partial charge in [0.25, 0.3) is 0 Å². The van der Waals surface area contributed by atoms with Crippen molar-refractivity contribution in [2.45, 2.75) is 37.1 Å². The third kappa shape index (κ3) is 4.46. The zero-order valence-corrected chi connectivity index (χ0v) is 14.7. The van der Waals surface area contributed by atoms with E-state index in [1.807, 2.05) is 12.1 Å². The Labute approximate surface area is 143 Å². The first kappa shape index (κ1) is 16.8. The number of nitrogens with two attached hydrogens (primary N) is 1. The fourth-order valence-electron chi connectivity index (χ4n) is 1.94. The summed E-state index contributed by atoms with van der Waals surface area (Å²) in [5.74, 6) is 1.05. The number of unbranched alkanes of at least 4 members (excludes halogenated alkanes) is 1. The van der Waals surface area contributed by atoms with Crippen molar-refractivity contribution in [3.05, 3.63) is 45.6 Å². The molecule has 6 heteroatoms. The van der Waals surface area contributed by atoms with Crippen molar-refractivity contribution in [1.29, 1.82) is 5.26 Å². The van der Waals surface area contributed by atoms with Gasteiger partial charge >= 0.3 is 0 Å². The van der Waals surface area contributed by atoms with E-state index in [-0.39, 0.29) is 5.82 Å². The van der Waals surface area contributed by atoms with Gasteiger partial charge in [0.2, 0.25) is 0 Å². The second-order valence-corrected chi connectivity index (χ2v) is 6.70. The Morgan fingerprint density at radius 1 is 1.27 bits per heavy atom. The van der Waals surface area contributed by atoms with Gasteiger partial charge < -0.3 is 5.73 Å². The molecule has 114 valence electrons. The number of anilines is 1. The Morgan fingerprint density at radius 3 is 2.64 bits per heavy atom. The maximum absolute atomic E-state index is 9.20. The summed E-state index contributed by atoms with van der Waals surface area (Å²) < 4.78 is 1.06. The third-order valence-corrected chi connectivity index (χ3v) is 4.60. The number of nitriles is 1. The number of nitrogen functional groups attached to an aromatic ring is 1. The van der Waals surface area contributed by atoms with Crippen LogP contribution >= 0.6 is 27.7 Å². The van der Waals surface area contributed by atoms with Gasteiger partial charge in [-0.2, -0.15) is 5.26 Å². The molecule has 0 aliphatic heterocycles. The molecular formula is C16H17BrN4S. The number of aromatic nitrogens is 2.